The molecule has 2 N–H and O–H groups in total. The average Bonchev–Trinajstić information content (AvgIpc) is 2.55. The van der Waals surface area contributed by atoms with Crippen molar-refractivity contribution >= 4 is 29.3 Å². The van der Waals surface area contributed by atoms with Crippen molar-refractivity contribution in [2.24, 2.45) is 0 Å². The van der Waals surface area contributed by atoms with Gasteiger partial charge in [0, 0.05) is 25.4 Å². The molecule has 0 saturated carbocycles. The molecular weight excluding hydrogens is 304 g/mol. The van der Waals surface area contributed by atoms with E-state index >= 15 is 0 Å². The summed E-state index contributed by atoms with van der Waals surface area (Å²) >= 11 is 0. The number of hydrogen-bond acceptors (Lipinski definition) is 3. The third-order valence-corrected chi connectivity index (χ3v) is 3.56. The van der Waals surface area contributed by atoms with Crippen LogP contribution >= 0.6 is 0 Å². The number of nitrogens with zero attached hydrogens (tertiary/aromatic N) is 1. The summed E-state index contributed by atoms with van der Waals surface area (Å²) in [6.07, 6.45) is 1.76. The Balaban J connectivity index is 2.16. The number of para-hydroxylation sites is 1. The van der Waals surface area contributed by atoms with E-state index in [2.05, 4.69) is 5.32 Å². The summed E-state index contributed by atoms with van der Waals surface area (Å²) < 4.78 is 0. The second kappa shape index (κ2) is 7.46. The molecule has 0 radical (unpaired) electrons. The van der Waals surface area contributed by atoms with Crippen molar-refractivity contribution in [2.75, 3.05) is 24.3 Å². The average molecular weight is 324 g/mol. The van der Waals surface area contributed by atoms with Crippen LogP contribution in [0.4, 0.5) is 11.4 Å². The van der Waals surface area contributed by atoms with Crippen molar-refractivity contribution in [3.05, 3.63) is 65.2 Å². The highest BCUT2D eigenvalue weighted by molar-refractivity contribution is 6.09. The van der Waals surface area contributed by atoms with E-state index in [0.717, 1.165) is 11.3 Å². The number of carbonyl (C=O) groups excluding carboxylic acids is 1. The summed E-state index contributed by atoms with van der Waals surface area (Å²) in [6.45, 7) is 1.69. The monoisotopic (exact) mass is 324 g/mol. The van der Waals surface area contributed by atoms with Crippen LogP contribution < -0.4 is 10.2 Å². The van der Waals surface area contributed by atoms with E-state index in [1.807, 2.05) is 43.3 Å². The molecule has 0 atom stereocenters. The van der Waals surface area contributed by atoms with Gasteiger partial charge in [0.15, 0.2) is 0 Å². The number of anilines is 2. The fourth-order valence-electron chi connectivity index (χ4n) is 2.18. The Labute approximate surface area is 141 Å². The molecule has 0 unspecified atom stereocenters. The minimum absolute atomic E-state index is 0.0639. The molecule has 24 heavy (non-hydrogen) atoms. The fourth-order valence-corrected chi connectivity index (χ4v) is 2.18. The molecule has 5 heteroatoms. The van der Waals surface area contributed by atoms with Gasteiger partial charge in [-0.3, -0.25) is 4.79 Å². The predicted molar refractivity (Wildman–Crippen MR) is 96.5 cm³/mol. The summed E-state index contributed by atoms with van der Waals surface area (Å²) in [5, 5.41) is 11.8. The minimum Gasteiger partial charge on any atom is -0.478 e. The van der Waals surface area contributed by atoms with Gasteiger partial charge in [0.05, 0.1) is 11.3 Å². The second-order valence-corrected chi connectivity index (χ2v) is 5.62. The van der Waals surface area contributed by atoms with Crippen molar-refractivity contribution in [3.8, 4) is 0 Å². The van der Waals surface area contributed by atoms with Gasteiger partial charge in [0.1, 0.15) is 0 Å². The van der Waals surface area contributed by atoms with Gasteiger partial charge in [0.2, 0.25) is 0 Å². The van der Waals surface area contributed by atoms with E-state index in [1.54, 1.807) is 31.2 Å². The zero-order chi connectivity index (χ0) is 17.7. The van der Waals surface area contributed by atoms with Crippen molar-refractivity contribution in [2.45, 2.75) is 6.92 Å². The third-order valence-electron chi connectivity index (χ3n) is 3.56. The zero-order valence-electron chi connectivity index (χ0n) is 13.9. The lowest BCUT2D eigenvalue weighted by molar-refractivity contribution is -0.112. The Hall–Kier alpha value is -3.08. The summed E-state index contributed by atoms with van der Waals surface area (Å²) in [5.41, 5.74) is 2.82. The van der Waals surface area contributed by atoms with Crippen molar-refractivity contribution < 1.29 is 14.7 Å². The zero-order valence-corrected chi connectivity index (χ0v) is 13.9. The van der Waals surface area contributed by atoms with E-state index in [1.165, 1.54) is 6.07 Å². The molecule has 124 valence electrons. The van der Waals surface area contributed by atoms with Crippen LogP contribution in [0.25, 0.3) is 6.08 Å². The lowest BCUT2D eigenvalue weighted by Crippen LogP contribution is -2.15. The van der Waals surface area contributed by atoms with Crippen LogP contribution in [0.3, 0.4) is 0 Å². The molecule has 5 nitrogen and oxygen atoms in total. The number of nitrogens with one attached hydrogen (secondary N) is 1. The quantitative estimate of drug-likeness (QED) is 0.826. The first-order chi connectivity index (χ1) is 11.4. The maximum atomic E-state index is 12.3. The summed E-state index contributed by atoms with van der Waals surface area (Å²) in [4.78, 5) is 25.5. The Morgan fingerprint density at radius 1 is 1.04 bits per heavy atom. The Morgan fingerprint density at radius 3 is 2.25 bits per heavy atom. The van der Waals surface area contributed by atoms with Crippen LogP contribution in [-0.4, -0.2) is 31.1 Å². The molecule has 1 amide bonds. The molecular formula is C19H20N2O3. The van der Waals surface area contributed by atoms with E-state index < -0.39 is 5.97 Å². The first-order valence-electron chi connectivity index (χ1n) is 7.48. The molecule has 0 spiro atoms. The standard InChI is InChI=1S/C19H20N2O3/c1-13(12-14-8-10-15(11-9-14)21(2)3)18(22)20-17-7-5-4-6-16(17)19(23)24/h4-12H,1-3H3,(H,20,22)(H,23,24)/b13-12+. The van der Waals surface area contributed by atoms with Crippen LogP contribution in [-0.2, 0) is 4.79 Å². The molecule has 0 fully saturated rings. The number of hydrogen-bond donors (Lipinski definition) is 2. The maximum absolute atomic E-state index is 12.3. The molecule has 0 bridgehead atoms. The van der Waals surface area contributed by atoms with Crippen molar-refractivity contribution in [3.63, 3.8) is 0 Å². The van der Waals surface area contributed by atoms with E-state index in [9.17, 15) is 9.59 Å². The molecule has 0 heterocycles. The largest absolute Gasteiger partial charge is 0.478 e. The van der Waals surface area contributed by atoms with E-state index in [-0.39, 0.29) is 17.2 Å². The van der Waals surface area contributed by atoms with Gasteiger partial charge in [-0.15, -0.1) is 0 Å². The van der Waals surface area contributed by atoms with Gasteiger partial charge in [-0.25, -0.2) is 4.79 Å². The highest BCUT2D eigenvalue weighted by atomic mass is 16.4. The van der Waals surface area contributed by atoms with E-state index in [0.29, 0.717) is 5.57 Å². The highest BCUT2D eigenvalue weighted by Crippen LogP contribution is 2.18. The Morgan fingerprint density at radius 2 is 1.67 bits per heavy atom. The van der Waals surface area contributed by atoms with Crippen LogP contribution in [0.5, 0.6) is 0 Å². The first kappa shape index (κ1) is 17.3. The molecule has 0 aliphatic heterocycles. The maximum Gasteiger partial charge on any atom is 0.337 e. The van der Waals surface area contributed by atoms with E-state index in [4.69, 9.17) is 5.11 Å². The SMILES string of the molecule is C/C(=C\c1ccc(N(C)C)cc1)C(=O)Nc1ccccc1C(=O)O. The number of benzene rings is 2. The molecule has 2 aromatic carbocycles. The second-order valence-electron chi connectivity index (χ2n) is 5.62. The number of rotatable bonds is 5. The number of carboxylic acid groups (broad SMARTS) is 1. The number of amides is 1. The topological polar surface area (TPSA) is 69.6 Å². The van der Waals surface area contributed by atoms with Crippen LogP contribution in [0.15, 0.2) is 54.1 Å². The molecule has 2 aromatic rings. The van der Waals surface area contributed by atoms with Gasteiger partial charge < -0.3 is 15.3 Å². The third kappa shape index (κ3) is 4.23. The van der Waals surface area contributed by atoms with Crippen molar-refractivity contribution in [1.82, 2.24) is 0 Å². The number of carboxylic acids is 1. The molecule has 0 aliphatic carbocycles. The smallest absolute Gasteiger partial charge is 0.337 e. The van der Waals surface area contributed by atoms with Gasteiger partial charge in [-0.1, -0.05) is 24.3 Å². The van der Waals surface area contributed by atoms with Crippen LogP contribution in [0.1, 0.15) is 22.8 Å². The molecule has 0 saturated heterocycles. The molecule has 2 rings (SSSR count). The van der Waals surface area contributed by atoms with Crippen LogP contribution in [0, 0.1) is 0 Å². The highest BCUT2D eigenvalue weighted by Gasteiger charge is 2.12. The summed E-state index contributed by atoms with van der Waals surface area (Å²) in [6, 6.07) is 14.1. The summed E-state index contributed by atoms with van der Waals surface area (Å²) in [7, 11) is 3.92. The lowest BCUT2D eigenvalue weighted by atomic mass is 10.1. The predicted octanol–water partition coefficient (Wildman–Crippen LogP) is 3.49. The molecule has 0 aliphatic rings. The molecule has 0 aromatic heterocycles. The minimum atomic E-state index is -1.08. The fraction of sp³-hybridized carbons (Fsp3) is 0.158. The Bertz CT molecular complexity index is 777. The van der Waals surface area contributed by atoms with Gasteiger partial charge in [-0.2, -0.15) is 0 Å². The van der Waals surface area contributed by atoms with Gasteiger partial charge in [0.25, 0.3) is 5.91 Å². The lowest BCUT2D eigenvalue weighted by Gasteiger charge is -2.12. The van der Waals surface area contributed by atoms with Crippen LogP contribution in [0.2, 0.25) is 0 Å². The Kier molecular flexibility index (Phi) is 5.37. The number of carbonyl (C=O) groups is 2. The normalized spacial score (nSPS) is 11.0. The summed E-state index contributed by atoms with van der Waals surface area (Å²) in [5.74, 6) is -1.41. The van der Waals surface area contributed by atoms with Gasteiger partial charge >= 0.3 is 5.97 Å². The number of aromatic carboxylic acids is 1. The van der Waals surface area contributed by atoms with Crippen molar-refractivity contribution in [1.29, 1.82) is 0 Å². The first-order valence-corrected chi connectivity index (χ1v) is 7.48. The van der Waals surface area contributed by atoms with Gasteiger partial charge in [-0.05, 0) is 42.8 Å².